The molecule has 2 saturated carbocycles. The summed E-state index contributed by atoms with van der Waals surface area (Å²) in [5, 5.41) is 0. The molecular weight excluding hydrogens is 198 g/mol. The molecule has 2 heteroatoms. The first-order valence-corrected chi connectivity index (χ1v) is 6.90. The van der Waals surface area contributed by atoms with Crippen LogP contribution in [0.15, 0.2) is 0 Å². The Kier molecular flexibility index (Phi) is 3.68. The number of hydrogen-bond donors (Lipinski definition) is 1. The van der Waals surface area contributed by atoms with Gasteiger partial charge >= 0.3 is 0 Å². The normalized spacial score (nSPS) is 36.3. The van der Waals surface area contributed by atoms with Crippen LogP contribution >= 0.6 is 0 Å². The highest BCUT2D eigenvalue weighted by molar-refractivity contribution is 5.84. The van der Waals surface area contributed by atoms with Gasteiger partial charge in [0.1, 0.15) is 5.78 Å². The largest absolute Gasteiger partial charge is 0.321 e. The Morgan fingerprint density at radius 3 is 2.62 bits per heavy atom. The summed E-state index contributed by atoms with van der Waals surface area (Å²) in [5.41, 5.74) is 6.00. The van der Waals surface area contributed by atoms with Crippen LogP contribution in [0.3, 0.4) is 0 Å². The third kappa shape index (κ3) is 2.32. The van der Waals surface area contributed by atoms with E-state index in [1.165, 1.54) is 25.7 Å². The quantitative estimate of drug-likeness (QED) is 0.778. The van der Waals surface area contributed by atoms with Crippen LogP contribution in [0.4, 0.5) is 0 Å². The van der Waals surface area contributed by atoms with Gasteiger partial charge in [0, 0.05) is 6.42 Å². The summed E-state index contributed by atoms with van der Waals surface area (Å²) in [5.74, 6) is 3.10. The van der Waals surface area contributed by atoms with Crippen LogP contribution in [0.1, 0.15) is 52.4 Å². The number of carbonyl (C=O) groups is 1. The molecule has 0 aliphatic heterocycles. The van der Waals surface area contributed by atoms with Gasteiger partial charge in [0.25, 0.3) is 0 Å². The molecule has 92 valence electrons. The zero-order chi connectivity index (χ0) is 11.7. The molecule has 16 heavy (non-hydrogen) atoms. The predicted molar refractivity (Wildman–Crippen MR) is 66.0 cm³/mol. The van der Waals surface area contributed by atoms with E-state index in [4.69, 9.17) is 5.73 Å². The number of Topliss-reactive ketones (excluding diaryl/α,β-unsaturated/α-hetero) is 1. The molecule has 0 spiro atoms. The molecule has 0 saturated heterocycles. The minimum atomic E-state index is -0.218. The highest BCUT2D eigenvalue weighted by Crippen LogP contribution is 2.49. The van der Waals surface area contributed by atoms with Crippen LogP contribution < -0.4 is 5.73 Å². The molecule has 2 nitrogen and oxygen atoms in total. The first-order chi connectivity index (χ1) is 7.61. The highest BCUT2D eigenvalue weighted by atomic mass is 16.1. The fourth-order valence-electron chi connectivity index (χ4n) is 3.59. The molecule has 0 heterocycles. The number of rotatable bonds is 5. The average Bonchev–Trinajstić information content (AvgIpc) is 2.88. The monoisotopic (exact) mass is 223 g/mol. The molecule has 0 aromatic carbocycles. The Morgan fingerprint density at radius 2 is 2.12 bits per heavy atom. The standard InChI is InChI=1S/C14H25NO/c1-3-9(2)14(15)13(16)8-12-7-10-4-5-11(12)6-10/h9-12,14H,3-8,15H2,1-2H3. The third-order valence-electron chi connectivity index (χ3n) is 4.98. The van der Waals surface area contributed by atoms with Crippen molar-refractivity contribution in [1.29, 1.82) is 0 Å². The van der Waals surface area contributed by atoms with Gasteiger partial charge < -0.3 is 5.73 Å². The fourth-order valence-corrected chi connectivity index (χ4v) is 3.59. The summed E-state index contributed by atoms with van der Waals surface area (Å²) in [6, 6.07) is -0.218. The molecule has 2 rings (SSSR count). The fraction of sp³-hybridized carbons (Fsp3) is 0.929. The van der Waals surface area contributed by atoms with Gasteiger partial charge in [0.15, 0.2) is 0 Å². The maximum Gasteiger partial charge on any atom is 0.150 e. The van der Waals surface area contributed by atoms with Gasteiger partial charge in [-0.15, -0.1) is 0 Å². The van der Waals surface area contributed by atoms with Gasteiger partial charge in [-0.1, -0.05) is 26.7 Å². The van der Waals surface area contributed by atoms with Gasteiger partial charge in [0.05, 0.1) is 6.04 Å². The minimum Gasteiger partial charge on any atom is -0.321 e. The SMILES string of the molecule is CCC(C)C(N)C(=O)CC1CC2CCC1C2. The van der Waals surface area contributed by atoms with Crippen molar-refractivity contribution in [2.45, 2.75) is 58.4 Å². The maximum atomic E-state index is 12.1. The molecule has 2 bridgehead atoms. The average molecular weight is 223 g/mol. The minimum absolute atomic E-state index is 0.218. The van der Waals surface area contributed by atoms with Gasteiger partial charge in [-0.3, -0.25) is 4.79 Å². The van der Waals surface area contributed by atoms with Crippen molar-refractivity contribution in [3.8, 4) is 0 Å². The van der Waals surface area contributed by atoms with Crippen LogP contribution in [-0.4, -0.2) is 11.8 Å². The molecule has 2 fully saturated rings. The van der Waals surface area contributed by atoms with Crippen molar-refractivity contribution in [2.24, 2.45) is 29.4 Å². The number of ketones is 1. The lowest BCUT2D eigenvalue weighted by Gasteiger charge is -2.24. The Balaban J connectivity index is 1.83. The van der Waals surface area contributed by atoms with Crippen molar-refractivity contribution in [2.75, 3.05) is 0 Å². The molecule has 2 N–H and O–H groups in total. The second-order valence-corrected chi connectivity index (χ2v) is 6.02. The summed E-state index contributed by atoms with van der Waals surface area (Å²) in [6.07, 6.45) is 7.21. The van der Waals surface area contributed by atoms with Crippen LogP contribution in [0.2, 0.25) is 0 Å². The zero-order valence-corrected chi connectivity index (χ0v) is 10.6. The second kappa shape index (κ2) is 4.87. The topological polar surface area (TPSA) is 43.1 Å². The van der Waals surface area contributed by atoms with E-state index >= 15 is 0 Å². The molecule has 0 aromatic rings. The zero-order valence-electron chi connectivity index (χ0n) is 10.6. The summed E-state index contributed by atoms with van der Waals surface area (Å²) < 4.78 is 0. The van der Waals surface area contributed by atoms with Crippen molar-refractivity contribution in [3.63, 3.8) is 0 Å². The number of fused-ring (bicyclic) bond motifs is 2. The molecule has 5 unspecified atom stereocenters. The smallest absolute Gasteiger partial charge is 0.150 e. The summed E-state index contributed by atoms with van der Waals surface area (Å²) in [4.78, 5) is 12.1. The van der Waals surface area contributed by atoms with E-state index < -0.39 is 0 Å². The van der Waals surface area contributed by atoms with Gasteiger partial charge in [0.2, 0.25) is 0 Å². The lowest BCUT2D eigenvalue weighted by atomic mass is 9.82. The first kappa shape index (κ1) is 12.1. The van der Waals surface area contributed by atoms with Gasteiger partial charge in [-0.2, -0.15) is 0 Å². The summed E-state index contributed by atoms with van der Waals surface area (Å²) in [6.45, 7) is 4.19. The van der Waals surface area contributed by atoms with Crippen LogP contribution in [0.5, 0.6) is 0 Å². The van der Waals surface area contributed by atoms with Crippen LogP contribution in [0.25, 0.3) is 0 Å². The van der Waals surface area contributed by atoms with E-state index in [-0.39, 0.29) is 6.04 Å². The second-order valence-electron chi connectivity index (χ2n) is 6.02. The van der Waals surface area contributed by atoms with Crippen molar-refractivity contribution >= 4 is 5.78 Å². The molecule has 0 radical (unpaired) electrons. The third-order valence-corrected chi connectivity index (χ3v) is 4.98. The molecular formula is C14H25NO. The van der Waals surface area contributed by atoms with Gasteiger partial charge in [-0.05, 0) is 42.9 Å². The van der Waals surface area contributed by atoms with E-state index in [0.29, 0.717) is 17.6 Å². The lowest BCUT2D eigenvalue weighted by Crippen LogP contribution is -2.38. The molecule has 0 amide bonds. The van der Waals surface area contributed by atoms with Crippen molar-refractivity contribution < 1.29 is 4.79 Å². The number of carbonyl (C=O) groups excluding carboxylic acids is 1. The summed E-state index contributed by atoms with van der Waals surface area (Å²) >= 11 is 0. The molecule has 5 atom stereocenters. The van der Waals surface area contributed by atoms with Gasteiger partial charge in [-0.25, -0.2) is 0 Å². The Morgan fingerprint density at radius 1 is 1.38 bits per heavy atom. The van der Waals surface area contributed by atoms with E-state index in [1.807, 2.05) is 0 Å². The predicted octanol–water partition coefficient (Wildman–Crippen LogP) is 2.76. The van der Waals surface area contributed by atoms with E-state index in [2.05, 4.69) is 13.8 Å². The Bertz CT molecular complexity index is 263. The first-order valence-electron chi connectivity index (χ1n) is 6.90. The number of nitrogens with two attached hydrogens (primary N) is 1. The summed E-state index contributed by atoms with van der Waals surface area (Å²) in [7, 11) is 0. The highest BCUT2D eigenvalue weighted by Gasteiger charge is 2.40. The lowest BCUT2D eigenvalue weighted by molar-refractivity contribution is -0.122. The molecule has 2 aliphatic rings. The van der Waals surface area contributed by atoms with Crippen LogP contribution in [0, 0.1) is 23.7 Å². The molecule has 0 aromatic heterocycles. The van der Waals surface area contributed by atoms with E-state index in [9.17, 15) is 4.79 Å². The van der Waals surface area contributed by atoms with E-state index in [0.717, 1.165) is 24.7 Å². The van der Waals surface area contributed by atoms with E-state index in [1.54, 1.807) is 0 Å². The van der Waals surface area contributed by atoms with Crippen molar-refractivity contribution in [1.82, 2.24) is 0 Å². The van der Waals surface area contributed by atoms with Crippen LogP contribution in [-0.2, 0) is 4.79 Å². The molecule has 2 aliphatic carbocycles. The maximum absolute atomic E-state index is 12.1. The van der Waals surface area contributed by atoms with Crippen molar-refractivity contribution in [3.05, 3.63) is 0 Å². The Labute approximate surface area is 99.0 Å². The number of hydrogen-bond acceptors (Lipinski definition) is 2. The Hall–Kier alpha value is -0.370.